The van der Waals surface area contributed by atoms with Crippen molar-refractivity contribution in [1.82, 2.24) is 5.32 Å². The minimum absolute atomic E-state index is 0.498. The number of hydrogen-bond donors (Lipinski definition) is 1. The summed E-state index contributed by atoms with van der Waals surface area (Å²) >= 11 is 0. The Morgan fingerprint density at radius 1 is 1.05 bits per heavy atom. The second-order valence-electron chi connectivity index (χ2n) is 5.34. The summed E-state index contributed by atoms with van der Waals surface area (Å²) in [5, 5.41) is 6.19. The summed E-state index contributed by atoms with van der Waals surface area (Å²) in [5.41, 5.74) is 1.34. The fourth-order valence-corrected chi connectivity index (χ4v) is 2.78. The highest BCUT2D eigenvalue weighted by Crippen LogP contribution is 2.27. The maximum atomic E-state index is 3.53. The minimum Gasteiger partial charge on any atom is -0.367 e. The van der Waals surface area contributed by atoms with Crippen molar-refractivity contribution in [3.63, 3.8) is 0 Å². The van der Waals surface area contributed by atoms with Crippen LogP contribution in [0.15, 0.2) is 42.5 Å². The van der Waals surface area contributed by atoms with Crippen molar-refractivity contribution < 1.29 is 0 Å². The van der Waals surface area contributed by atoms with Gasteiger partial charge >= 0.3 is 0 Å². The second-order valence-corrected chi connectivity index (χ2v) is 5.34. The monoisotopic (exact) mass is 270 g/mol. The van der Waals surface area contributed by atoms with Gasteiger partial charge < -0.3 is 10.2 Å². The highest BCUT2D eigenvalue weighted by atomic mass is 15.2. The Morgan fingerprint density at radius 2 is 1.80 bits per heavy atom. The highest BCUT2D eigenvalue weighted by Gasteiger charge is 2.14. The van der Waals surface area contributed by atoms with Crippen LogP contribution in [0, 0.1) is 0 Å². The lowest BCUT2D eigenvalue weighted by atomic mass is 10.1. The smallest absolute Gasteiger partial charge is 0.0448 e. The van der Waals surface area contributed by atoms with Crippen LogP contribution in [0.2, 0.25) is 0 Å². The summed E-state index contributed by atoms with van der Waals surface area (Å²) in [4.78, 5) is 2.49. The molecule has 0 saturated heterocycles. The Bertz CT molecular complexity index is 530. The lowest BCUT2D eigenvalue weighted by Crippen LogP contribution is -2.40. The minimum atomic E-state index is 0.498. The first kappa shape index (κ1) is 14.9. The van der Waals surface area contributed by atoms with Gasteiger partial charge in [-0.05, 0) is 38.3 Å². The summed E-state index contributed by atoms with van der Waals surface area (Å²) < 4.78 is 0. The first-order valence-electron chi connectivity index (χ1n) is 7.73. The number of hydrogen-bond acceptors (Lipinski definition) is 2. The molecular formula is C18H26N2. The number of likely N-dealkylation sites (N-methyl/N-ethyl adjacent to an activating group) is 1. The van der Waals surface area contributed by atoms with Gasteiger partial charge in [0.25, 0.3) is 0 Å². The van der Waals surface area contributed by atoms with E-state index >= 15 is 0 Å². The molecule has 1 unspecified atom stereocenters. The topological polar surface area (TPSA) is 15.3 Å². The predicted molar refractivity (Wildman–Crippen MR) is 89.6 cm³/mol. The van der Waals surface area contributed by atoms with E-state index in [0.717, 1.165) is 19.6 Å². The molecule has 2 rings (SSSR count). The van der Waals surface area contributed by atoms with Gasteiger partial charge in [-0.15, -0.1) is 0 Å². The van der Waals surface area contributed by atoms with Gasteiger partial charge in [0.2, 0.25) is 0 Å². The van der Waals surface area contributed by atoms with Gasteiger partial charge in [0.1, 0.15) is 0 Å². The van der Waals surface area contributed by atoms with Gasteiger partial charge in [-0.1, -0.05) is 43.3 Å². The van der Waals surface area contributed by atoms with Crippen molar-refractivity contribution in [2.24, 2.45) is 0 Å². The highest BCUT2D eigenvalue weighted by molar-refractivity contribution is 5.94. The number of benzene rings is 2. The van der Waals surface area contributed by atoms with Crippen LogP contribution in [-0.2, 0) is 0 Å². The molecule has 0 aliphatic rings. The lowest BCUT2D eigenvalue weighted by molar-refractivity contribution is 0.566. The van der Waals surface area contributed by atoms with Gasteiger partial charge in [-0.25, -0.2) is 0 Å². The lowest BCUT2D eigenvalue weighted by Gasteiger charge is -2.31. The Kier molecular flexibility index (Phi) is 5.42. The van der Waals surface area contributed by atoms with E-state index in [0.29, 0.717) is 6.04 Å². The third-order valence-corrected chi connectivity index (χ3v) is 3.82. The Morgan fingerprint density at radius 3 is 2.55 bits per heavy atom. The predicted octanol–water partition coefficient (Wildman–Crippen LogP) is 4.05. The zero-order valence-corrected chi connectivity index (χ0v) is 12.9. The van der Waals surface area contributed by atoms with E-state index in [2.05, 4.69) is 73.5 Å². The van der Waals surface area contributed by atoms with Crippen LogP contribution in [-0.4, -0.2) is 25.7 Å². The van der Waals surface area contributed by atoms with E-state index in [1.54, 1.807) is 0 Å². The molecule has 0 heterocycles. The normalized spacial score (nSPS) is 12.6. The average molecular weight is 270 g/mol. The van der Waals surface area contributed by atoms with E-state index in [1.165, 1.54) is 22.9 Å². The van der Waals surface area contributed by atoms with E-state index in [-0.39, 0.29) is 0 Å². The molecule has 0 saturated carbocycles. The summed E-state index contributed by atoms with van der Waals surface area (Å²) in [6.45, 7) is 9.90. The van der Waals surface area contributed by atoms with Crippen LogP contribution in [0.1, 0.15) is 27.2 Å². The van der Waals surface area contributed by atoms with Crippen molar-refractivity contribution in [2.45, 2.75) is 33.2 Å². The van der Waals surface area contributed by atoms with E-state index < -0.39 is 0 Å². The molecule has 0 radical (unpaired) electrons. The molecule has 108 valence electrons. The quantitative estimate of drug-likeness (QED) is 0.763. The first-order chi connectivity index (χ1) is 9.77. The summed E-state index contributed by atoms with van der Waals surface area (Å²) in [6.07, 6.45) is 1.19. The Balaban J connectivity index is 2.25. The molecule has 0 fully saturated rings. The molecule has 1 atom stereocenters. The molecule has 0 bridgehead atoms. The van der Waals surface area contributed by atoms with E-state index in [1.807, 2.05) is 0 Å². The molecule has 2 heteroatoms. The largest absolute Gasteiger partial charge is 0.367 e. The van der Waals surface area contributed by atoms with E-state index in [9.17, 15) is 0 Å². The van der Waals surface area contributed by atoms with Crippen molar-refractivity contribution in [1.29, 1.82) is 0 Å². The van der Waals surface area contributed by atoms with Crippen molar-refractivity contribution in [2.75, 3.05) is 24.5 Å². The maximum absolute atomic E-state index is 3.53. The average Bonchev–Trinajstić information content (AvgIpc) is 2.48. The molecule has 2 aromatic rings. The molecule has 1 N–H and O–H groups in total. The zero-order chi connectivity index (χ0) is 14.4. The van der Waals surface area contributed by atoms with Crippen LogP contribution in [0.4, 0.5) is 5.69 Å². The molecule has 0 aliphatic carbocycles. The summed E-state index contributed by atoms with van der Waals surface area (Å²) in [6, 6.07) is 15.7. The third-order valence-electron chi connectivity index (χ3n) is 3.82. The Labute approximate surface area is 122 Å². The van der Waals surface area contributed by atoms with Crippen LogP contribution < -0.4 is 10.2 Å². The number of nitrogens with zero attached hydrogens (tertiary/aromatic N) is 1. The van der Waals surface area contributed by atoms with Gasteiger partial charge in [0.15, 0.2) is 0 Å². The molecule has 2 aromatic carbocycles. The van der Waals surface area contributed by atoms with Crippen LogP contribution >= 0.6 is 0 Å². The number of anilines is 1. The van der Waals surface area contributed by atoms with Gasteiger partial charge in [0, 0.05) is 30.2 Å². The zero-order valence-electron chi connectivity index (χ0n) is 12.9. The van der Waals surface area contributed by atoms with Gasteiger partial charge in [-0.2, -0.15) is 0 Å². The van der Waals surface area contributed by atoms with Crippen LogP contribution in [0.5, 0.6) is 0 Å². The Hall–Kier alpha value is -1.54. The second kappa shape index (κ2) is 7.30. The SMILES string of the molecule is CCCNCC(C)N(CC)c1cccc2ccccc12. The fourth-order valence-electron chi connectivity index (χ4n) is 2.78. The summed E-state index contributed by atoms with van der Waals surface area (Å²) in [5.74, 6) is 0. The van der Waals surface area contributed by atoms with Crippen molar-refractivity contribution in [3.05, 3.63) is 42.5 Å². The molecule has 0 amide bonds. The maximum Gasteiger partial charge on any atom is 0.0448 e. The number of rotatable bonds is 7. The van der Waals surface area contributed by atoms with Gasteiger partial charge in [0.05, 0.1) is 0 Å². The standard InChI is InChI=1S/C18H26N2/c1-4-13-19-14-15(3)20(5-2)18-12-8-10-16-9-6-7-11-17(16)18/h6-12,15,19H,4-5,13-14H2,1-3H3. The third kappa shape index (κ3) is 3.31. The van der Waals surface area contributed by atoms with Gasteiger partial charge in [-0.3, -0.25) is 0 Å². The summed E-state index contributed by atoms with van der Waals surface area (Å²) in [7, 11) is 0. The molecular weight excluding hydrogens is 244 g/mol. The number of nitrogens with one attached hydrogen (secondary N) is 1. The fraction of sp³-hybridized carbons (Fsp3) is 0.444. The van der Waals surface area contributed by atoms with Crippen LogP contribution in [0.25, 0.3) is 10.8 Å². The van der Waals surface area contributed by atoms with Crippen molar-refractivity contribution in [3.8, 4) is 0 Å². The molecule has 0 spiro atoms. The van der Waals surface area contributed by atoms with E-state index in [4.69, 9.17) is 0 Å². The molecule has 2 nitrogen and oxygen atoms in total. The molecule has 20 heavy (non-hydrogen) atoms. The molecule has 0 aliphatic heterocycles. The van der Waals surface area contributed by atoms with Crippen LogP contribution in [0.3, 0.4) is 0 Å². The van der Waals surface area contributed by atoms with Crippen molar-refractivity contribution >= 4 is 16.5 Å². The first-order valence-corrected chi connectivity index (χ1v) is 7.73. The molecule has 0 aromatic heterocycles. The number of fused-ring (bicyclic) bond motifs is 1.